The summed E-state index contributed by atoms with van der Waals surface area (Å²) in [7, 11) is 0. The molecule has 10 nitrogen and oxygen atoms in total. The lowest BCUT2D eigenvalue weighted by molar-refractivity contribution is -0.490. The smallest absolute Gasteiger partial charge is 0.328 e. The van der Waals surface area contributed by atoms with Crippen molar-refractivity contribution in [3.63, 3.8) is 0 Å². The van der Waals surface area contributed by atoms with Crippen molar-refractivity contribution >= 4 is 17.8 Å². The molecule has 2 atom stereocenters. The van der Waals surface area contributed by atoms with Crippen molar-refractivity contribution in [2.45, 2.75) is 51.7 Å². The van der Waals surface area contributed by atoms with Gasteiger partial charge in [-0.25, -0.2) is 4.79 Å². The number of aliphatic hydroxyl groups is 1. The zero-order chi connectivity index (χ0) is 22.5. The molecule has 0 saturated carbocycles. The Balaban J connectivity index is 2.68. The maximum Gasteiger partial charge on any atom is 0.328 e. The van der Waals surface area contributed by atoms with Crippen LogP contribution in [0.25, 0.3) is 0 Å². The zero-order valence-corrected chi connectivity index (χ0v) is 17.2. The second-order valence-corrected chi connectivity index (χ2v) is 6.53. The van der Waals surface area contributed by atoms with Gasteiger partial charge >= 0.3 is 11.9 Å². The van der Waals surface area contributed by atoms with Crippen molar-refractivity contribution in [2.75, 3.05) is 19.8 Å². The van der Waals surface area contributed by atoms with Crippen LogP contribution in [-0.4, -0.2) is 59.8 Å². The van der Waals surface area contributed by atoms with Crippen LogP contribution < -0.4 is 5.32 Å². The fourth-order valence-corrected chi connectivity index (χ4v) is 2.65. The van der Waals surface area contributed by atoms with Gasteiger partial charge in [-0.15, -0.1) is 0 Å². The molecule has 0 radical (unpaired) electrons. The highest BCUT2D eigenvalue weighted by molar-refractivity contribution is 5.96. The molecule has 0 fully saturated rings. The summed E-state index contributed by atoms with van der Waals surface area (Å²) in [6.45, 7) is 3.17. The molecule has 0 spiro atoms. The molecule has 0 aliphatic carbocycles. The van der Waals surface area contributed by atoms with E-state index in [-0.39, 0.29) is 32.5 Å². The van der Waals surface area contributed by atoms with Crippen LogP contribution >= 0.6 is 0 Å². The van der Waals surface area contributed by atoms with E-state index in [1.807, 2.05) is 0 Å². The number of aryl methyl sites for hydroxylation is 1. The van der Waals surface area contributed by atoms with E-state index in [4.69, 9.17) is 9.47 Å². The number of carbonyl (C=O) groups excluding carboxylic acids is 3. The number of benzene rings is 1. The predicted octanol–water partition coefficient (Wildman–Crippen LogP) is 1.26. The number of carbonyl (C=O) groups is 3. The fraction of sp³-hybridized carbons (Fsp3) is 0.550. The number of esters is 2. The maximum absolute atomic E-state index is 12.5. The van der Waals surface area contributed by atoms with E-state index >= 15 is 0 Å². The number of hydrogen-bond acceptors (Lipinski definition) is 8. The molecule has 0 saturated heterocycles. The molecule has 30 heavy (non-hydrogen) atoms. The second kappa shape index (κ2) is 13.3. The Morgan fingerprint density at radius 1 is 1.10 bits per heavy atom. The SMILES string of the molecule is CCOC(=O)CCC(NC(=O)c1ccc(CCC(O)C[N+](=O)[O-])cc1)C(=O)OCC. The highest BCUT2D eigenvalue weighted by Crippen LogP contribution is 2.10. The van der Waals surface area contributed by atoms with Gasteiger partial charge in [0.25, 0.3) is 5.91 Å². The molecule has 1 aromatic carbocycles. The Labute approximate surface area is 174 Å². The molecule has 2 unspecified atom stereocenters. The molecule has 10 heteroatoms. The normalized spacial score (nSPS) is 12.5. The highest BCUT2D eigenvalue weighted by atomic mass is 16.6. The van der Waals surface area contributed by atoms with Gasteiger partial charge in [0.1, 0.15) is 12.1 Å². The lowest BCUT2D eigenvalue weighted by Gasteiger charge is -2.17. The fourth-order valence-electron chi connectivity index (χ4n) is 2.65. The molecular weight excluding hydrogens is 396 g/mol. The van der Waals surface area contributed by atoms with Crippen molar-refractivity contribution in [2.24, 2.45) is 0 Å². The summed E-state index contributed by atoms with van der Waals surface area (Å²) in [4.78, 5) is 45.9. The first-order chi connectivity index (χ1) is 14.3. The van der Waals surface area contributed by atoms with E-state index < -0.39 is 41.5 Å². The van der Waals surface area contributed by atoms with Crippen LogP contribution in [-0.2, 0) is 25.5 Å². The Bertz CT molecular complexity index is 720. The first kappa shape index (κ1) is 25.0. The van der Waals surface area contributed by atoms with E-state index in [1.165, 1.54) is 0 Å². The van der Waals surface area contributed by atoms with Gasteiger partial charge in [0.05, 0.1) is 13.2 Å². The molecule has 1 rings (SSSR count). The molecule has 1 amide bonds. The van der Waals surface area contributed by atoms with Crippen molar-refractivity contribution < 1.29 is 33.9 Å². The maximum atomic E-state index is 12.5. The first-order valence-corrected chi connectivity index (χ1v) is 9.78. The van der Waals surface area contributed by atoms with E-state index in [1.54, 1.807) is 38.1 Å². The van der Waals surface area contributed by atoms with Gasteiger partial charge in [0.15, 0.2) is 0 Å². The summed E-state index contributed by atoms with van der Waals surface area (Å²) in [5.41, 5.74) is 1.10. The number of rotatable bonds is 13. The standard InChI is InChI=1S/C20H28N2O8/c1-3-29-18(24)12-11-17(20(26)30-4-2)21-19(25)15-8-5-14(6-9-15)7-10-16(23)13-22(27)28/h5-6,8-9,16-17,23H,3-4,7,10-13H2,1-2H3,(H,21,25). The summed E-state index contributed by atoms with van der Waals surface area (Å²) in [5, 5.41) is 22.5. The summed E-state index contributed by atoms with van der Waals surface area (Å²) in [6.07, 6.45) is -0.376. The molecule has 1 aromatic rings. The Morgan fingerprint density at radius 3 is 2.30 bits per heavy atom. The van der Waals surface area contributed by atoms with Gasteiger partial charge in [-0.05, 0) is 50.8 Å². The van der Waals surface area contributed by atoms with E-state index in [0.29, 0.717) is 12.0 Å². The van der Waals surface area contributed by atoms with Crippen LogP contribution in [0, 0.1) is 10.1 Å². The summed E-state index contributed by atoms with van der Waals surface area (Å²) in [5.74, 6) is -1.60. The zero-order valence-electron chi connectivity index (χ0n) is 17.2. The highest BCUT2D eigenvalue weighted by Gasteiger charge is 2.24. The average Bonchev–Trinajstić information content (AvgIpc) is 2.69. The van der Waals surface area contributed by atoms with Crippen LogP contribution in [0.4, 0.5) is 0 Å². The van der Waals surface area contributed by atoms with Gasteiger partial charge < -0.3 is 19.9 Å². The molecule has 166 valence electrons. The third kappa shape index (κ3) is 9.46. The molecule has 0 bridgehead atoms. The summed E-state index contributed by atoms with van der Waals surface area (Å²) in [6, 6.07) is 5.46. The molecule has 2 N–H and O–H groups in total. The van der Waals surface area contributed by atoms with E-state index in [9.17, 15) is 29.6 Å². The number of ether oxygens (including phenoxy) is 2. The largest absolute Gasteiger partial charge is 0.466 e. The predicted molar refractivity (Wildman–Crippen MR) is 106 cm³/mol. The lowest BCUT2D eigenvalue weighted by Crippen LogP contribution is -2.42. The van der Waals surface area contributed by atoms with Crippen LogP contribution in [0.2, 0.25) is 0 Å². The number of nitrogens with one attached hydrogen (secondary N) is 1. The monoisotopic (exact) mass is 424 g/mol. The van der Waals surface area contributed by atoms with Crippen molar-refractivity contribution in [3.8, 4) is 0 Å². The third-order valence-corrected chi connectivity index (χ3v) is 4.16. The number of hydrogen-bond donors (Lipinski definition) is 2. The minimum atomic E-state index is -1.03. The summed E-state index contributed by atoms with van der Waals surface area (Å²) < 4.78 is 9.79. The quantitative estimate of drug-likeness (QED) is 0.273. The topological polar surface area (TPSA) is 145 Å². The minimum Gasteiger partial charge on any atom is -0.466 e. The Morgan fingerprint density at radius 2 is 1.73 bits per heavy atom. The van der Waals surface area contributed by atoms with Gasteiger partial charge in [-0.2, -0.15) is 0 Å². The number of nitrogens with zero attached hydrogens (tertiary/aromatic N) is 1. The van der Waals surface area contributed by atoms with Gasteiger partial charge in [0, 0.05) is 16.9 Å². The first-order valence-electron chi connectivity index (χ1n) is 9.78. The van der Waals surface area contributed by atoms with Gasteiger partial charge in [-0.3, -0.25) is 19.7 Å². The van der Waals surface area contributed by atoms with Crippen molar-refractivity contribution in [1.29, 1.82) is 0 Å². The van der Waals surface area contributed by atoms with Crippen molar-refractivity contribution in [3.05, 3.63) is 45.5 Å². The number of nitro groups is 1. The van der Waals surface area contributed by atoms with Gasteiger partial charge in [0.2, 0.25) is 6.54 Å². The molecular formula is C20H28N2O8. The van der Waals surface area contributed by atoms with Gasteiger partial charge in [-0.1, -0.05) is 12.1 Å². The van der Waals surface area contributed by atoms with Crippen LogP contribution in [0.1, 0.15) is 49.0 Å². The second-order valence-electron chi connectivity index (χ2n) is 6.53. The average molecular weight is 424 g/mol. The van der Waals surface area contributed by atoms with E-state index in [0.717, 1.165) is 5.56 Å². The minimum absolute atomic E-state index is 0.0387. The Hall–Kier alpha value is -3.01. The molecule has 0 aliphatic rings. The van der Waals surface area contributed by atoms with E-state index in [2.05, 4.69) is 5.32 Å². The molecule has 0 aromatic heterocycles. The lowest BCUT2D eigenvalue weighted by atomic mass is 10.0. The Kier molecular flexibility index (Phi) is 11.1. The van der Waals surface area contributed by atoms with Crippen molar-refractivity contribution in [1.82, 2.24) is 5.32 Å². The third-order valence-electron chi connectivity index (χ3n) is 4.16. The number of amides is 1. The van der Waals surface area contributed by atoms with Crippen LogP contribution in [0.5, 0.6) is 0 Å². The molecule has 0 heterocycles. The van der Waals surface area contributed by atoms with Crippen LogP contribution in [0.15, 0.2) is 24.3 Å². The number of aliphatic hydroxyl groups excluding tert-OH is 1. The molecule has 0 aliphatic heterocycles. The summed E-state index contributed by atoms with van der Waals surface area (Å²) >= 11 is 0. The van der Waals surface area contributed by atoms with Crippen LogP contribution in [0.3, 0.4) is 0 Å².